The van der Waals surface area contributed by atoms with Gasteiger partial charge in [-0.1, -0.05) is 15.9 Å². The molecule has 0 radical (unpaired) electrons. The summed E-state index contributed by atoms with van der Waals surface area (Å²) in [5.41, 5.74) is 0.399. The Morgan fingerprint density at radius 1 is 1.33 bits per heavy atom. The number of nitro groups is 1. The highest BCUT2D eigenvalue weighted by atomic mass is 79.9. The number of phenols is 1. The molecule has 8 heteroatoms. The van der Waals surface area contributed by atoms with E-state index in [1.807, 2.05) is 6.07 Å². The minimum Gasteiger partial charge on any atom is -0.502 e. The fourth-order valence-electron chi connectivity index (χ4n) is 3.71. The van der Waals surface area contributed by atoms with Gasteiger partial charge in [0.25, 0.3) is 0 Å². The number of rotatable bonds is 4. The maximum absolute atomic E-state index is 11.3. The molecule has 0 bridgehead atoms. The number of phenolic OH excluding ortho intramolecular Hbond substituents is 1. The molecule has 2 fully saturated rings. The topological polar surface area (TPSA) is 87.9 Å². The van der Waals surface area contributed by atoms with Crippen LogP contribution in [0.4, 0.5) is 5.69 Å². The van der Waals surface area contributed by atoms with E-state index in [4.69, 9.17) is 4.74 Å². The second kappa shape index (κ2) is 7.77. The van der Waals surface area contributed by atoms with Crippen molar-refractivity contribution < 1.29 is 14.8 Å². The summed E-state index contributed by atoms with van der Waals surface area (Å²) in [4.78, 5) is 13.1. The van der Waals surface area contributed by atoms with Gasteiger partial charge in [0, 0.05) is 61.5 Å². The minimum absolute atomic E-state index is 0.0350. The Kier molecular flexibility index (Phi) is 5.70. The van der Waals surface area contributed by atoms with Crippen molar-refractivity contribution in [1.29, 1.82) is 0 Å². The van der Waals surface area contributed by atoms with Crippen molar-refractivity contribution in [1.82, 2.24) is 10.2 Å². The van der Waals surface area contributed by atoms with Crippen LogP contribution in [0.2, 0.25) is 0 Å². The normalized spacial score (nSPS) is 21.5. The summed E-state index contributed by atoms with van der Waals surface area (Å²) in [6, 6.07) is 3.15. The van der Waals surface area contributed by atoms with Crippen LogP contribution in [0.15, 0.2) is 16.6 Å². The summed E-state index contributed by atoms with van der Waals surface area (Å²) < 4.78 is 6.10. The number of nitrogens with zero attached hydrogens (tertiary/aromatic N) is 2. The van der Waals surface area contributed by atoms with Gasteiger partial charge in [-0.3, -0.25) is 15.0 Å². The maximum Gasteiger partial charge on any atom is 0.312 e. The number of ether oxygens (including phenoxy) is 1. The van der Waals surface area contributed by atoms with Gasteiger partial charge >= 0.3 is 5.69 Å². The fraction of sp³-hybridized carbons (Fsp3) is 0.625. The highest BCUT2D eigenvalue weighted by Crippen LogP contribution is 2.44. The Morgan fingerprint density at radius 2 is 2.00 bits per heavy atom. The van der Waals surface area contributed by atoms with Gasteiger partial charge in [0.1, 0.15) is 0 Å². The predicted octanol–water partition coefficient (Wildman–Crippen LogP) is 2.44. The molecule has 0 amide bonds. The summed E-state index contributed by atoms with van der Waals surface area (Å²) in [6.45, 7) is 4.89. The van der Waals surface area contributed by atoms with Crippen LogP contribution in [0.25, 0.3) is 0 Å². The summed E-state index contributed by atoms with van der Waals surface area (Å²) in [6.07, 6.45) is 1.79. The number of hydrogen-bond acceptors (Lipinski definition) is 6. The molecule has 7 nitrogen and oxygen atoms in total. The molecule has 2 aliphatic heterocycles. The molecular weight excluding hydrogens is 378 g/mol. The molecular formula is C16H22BrN3O4. The lowest BCUT2D eigenvalue weighted by Gasteiger charge is -2.41. The van der Waals surface area contributed by atoms with E-state index in [0.29, 0.717) is 29.2 Å². The standard InChI is InChI=1S/C16H22BrN3O4/c17-12-9-13(16(21)14(10-12)20(22)23)15(11-1-7-24-8-2-11)19-5-3-18-4-6-19/h9-11,15,18,21H,1-8H2/t15-/m1/s1. The highest BCUT2D eigenvalue weighted by molar-refractivity contribution is 9.10. The number of halogens is 1. The zero-order valence-electron chi connectivity index (χ0n) is 13.4. The zero-order chi connectivity index (χ0) is 17.1. The van der Waals surface area contributed by atoms with Crippen LogP contribution in [-0.2, 0) is 4.74 Å². The van der Waals surface area contributed by atoms with Gasteiger partial charge in [-0.2, -0.15) is 0 Å². The molecule has 0 saturated carbocycles. The summed E-state index contributed by atoms with van der Waals surface area (Å²) in [5, 5.41) is 25.2. The second-order valence-electron chi connectivity index (χ2n) is 6.30. The number of nitro benzene ring substituents is 1. The van der Waals surface area contributed by atoms with Crippen LogP contribution in [0.3, 0.4) is 0 Å². The van der Waals surface area contributed by atoms with Gasteiger partial charge < -0.3 is 15.2 Å². The van der Waals surface area contributed by atoms with Gasteiger partial charge in [0.2, 0.25) is 0 Å². The second-order valence-corrected chi connectivity index (χ2v) is 7.22. The SMILES string of the molecule is O=[N+]([O-])c1cc(Br)cc([C@@H](C2CCOCC2)N2CCNCC2)c1O. The Balaban J connectivity index is 2.02. The van der Waals surface area contributed by atoms with E-state index in [1.165, 1.54) is 6.07 Å². The average Bonchev–Trinajstić information content (AvgIpc) is 2.59. The van der Waals surface area contributed by atoms with Gasteiger partial charge in [0.15, 0.2) is 5.75 Å². The van der Waals surface area contributed by atoms with Crippen molar-refractivity contribution >= 4 is 21.6 Å². The number of benzene rings is 1. The molecule has 1 aromatic rings. The van der Waals surface area contributed by atoms with E-state index in [2.05, 4.69) is 26.1 Å². The van der Waals surface area contributed by atoms with Crippen molar-refractivity contribution in [2.45, 2.75) is 18.9 Å². The first-order valence-electron chi connectivity index (χ1n) is 8.27. The molecule has 0 aliphatic carbocycles. The highest BCUT2D eigenvalue weighted by Gasteiger charge is 2.35. The number of piperazine rings is 1. The van der Waals surface area contributed by atoms with Crippen LogP contribution >= 0.6 is 15.9 Å². The molecule has 2 aliphatic rings. The molecule has 1 aromatic carbocycles. The molecule has 0 unspecified atom stereocenters. The zero-order valence-corrected chi connectivity index (χ0v) is 15.0. The molecule has 2 heterocycles. The van der Waals surface area contributed by atoms with E-state index in [-0.39, 0.29) is 17.5 Å². The lowest BCUT2D eigenvalue weighted by Crippen LogP contribution is -2.47. The van der Waals surface area contributed by atoms with E-state index in [0.717, 1.165) is 39.0 Å². The Hall–Kier alpha value is -1.22. The van der Waals surface area contributed by atoms with Gasteiger partial charge in [0.05, 0.1) is 4.92 Å². The number of aromatic hydroxyl groups is 1. The largest absolute Gasteiger partial charge is 0.502 e. The Labute approximate surface area is 149 Å². The molecule has 0 aromatic heterocycles. The molecule has 24 heavy (non-hydrogen) atoms. The van der Waals surface area contributed by atoms with Gasteiger partial charge in [-0.15, -0.1) is 0 Å². The fourth-order valence-corrected chi connectivity index (χ4v) is 4.17. The molecule has 2 saturated heterocycles. The van der Waals surface area contributed by atoms with E-state index < -0.39 is 4.92 Å². The molecule has 1 atom stereocenters. The lowest BCUT2D eigenvalue weighted by atomic mass is 9.85. The molecule has 0 spiro atoms. The van der Waals surface area contributed by atoms with Crippen LogP contribution in [0, 0.1) is 16.0 Å². The Morgan fingerprint density at radius 3 is 2.62 bits per heavy atom. The average molecular weight is 400 g/mol. The van der Waals surface area contributed by atoms with Gasteiger partial charge in [-0.05, 0) is 24.8 Å². The first kappa shape index (κ1) is 17.6. The molecule has 3 rings (SSSR count). The summed E-state index contributed by atoms with van der Waals surface area (Å²) >= 11 is 3.36. The van der Waals surface area contributed by atoms with Crippen molar-refractivity contribution in [3.8, 4) is 5.75 Å². The van der Waals surface area contributed by atoms with Crippen LogP contribution in [0.1, 0.15) is 24.4 Å². The maximum atomic E-state index is 11.3. The predicted molar refractivity (Wildman–Crippen MR) is 93.2 cm³/mol. The van der Waals surface area contributed by atoms with Crippen molar-refractivity contribution in [3.05, 3.63) is 32.3 Å². The number of nitrogens with one attached hydrogen (secondary N) is 1. The van der Waals surface area contributed by atoms with Crippen LogP contribution in [0.5, 0.6) is 5.75 Å². The van der Waals surface area contributed by atoms with Gasteiger partial charge in [-0.25, -0.2) is 0 Å². The van der Waals surface area contributed by atoms with Crippen LogP contribution in [-0.4, -0.2) is 54.3 Å². The van der Waals surface area contributed by atoms with Crippen LogP contribution < -0.4 is 5.32 Å². The van der Waals surface area contributed by atoms with Crippen molar-refractivity contribution in [2.75, 3.05) is 39.4 Å². The van der Waals surface area contributed by atoms with Crippen molar-refractivity contribution in [2.24, 2.45) is 5.92 Å². The smallest absolute Gasteiger partial charge is 0.312 e. The molecule has 2 N–H and O–H groups in total. The summed E-state index contributed by atoms with van der Waals surface area (Å²) in [7, 11) is 0. The molecule has 132 valence electrons. The van der Waals surface area contributed by atoms with E-state index in [1.54, 1.807) is 0 Å². The quantitative estimate of drug-likeness (QED) is 0.596. The van der Waals surface area contributed by atoms with E-state index >= 15 is 0 Å². The van der Waals surface area contributed by atoms with Crippen molar-refractivity contribution in [3.63, 3.8) is 0 Å². The third-order valence-corrected chi connectivity index (χ3v) is 5.31. The minimum atomic E-state index is -0.525. The van der Waals surface area contributed by atoms with E-state index in [9.17, 15) is 15.2 Å². The Bertz CT molecular complexity index is 583. The summed E-state index contributed by atoms with van der Waals surface area (Å²) in [5.74, 6) is 0.106. The number of hydrogen-bond donors (Lipinski definition) is 2. The third kappa shape index (κ3) is 3.72. The lowest BCUT2D eigenvalue weighted by molar-refractivity contribution is -0.386. The third-order valence-electron chi connectivity index (χ3n) is 4.86. The monoisotopic (exact) mass is 399 g/mol. The first-order valence-corrected chi connectivity index (χ1v) is 9.06. The first-order chi connectivity index (χ1) is 11.6.